The largest absolute Gasteiger partial charge is 0.359 e. The molecule has 0 spiro atoms. The van der Waals surface area contributed by atoms with Crippen LogP contribution in [0.4, 0.5) is 0 Å². The van der Waals surface area contributed by atoms with Crippen molar-refractivity contribution in [1.29, 1.82) is 0 Å². The number of nitrogens with one attached hydrogen (secondary N) is 1. The van der Waals surface area contributed by atoms with Crippen molar-refractivity contribution in [2.45, 2.75) is 20.4 Å². The third-order valence-corrected chi connectivity index (χ3v) is 5.46. The van der Waals surface area contributed by atoms with Crippen LogP contribution in [0.2, 0.25) is 0 Å². The van der Waals surface area contributed by atoms with E-state index in [0.29, 0.717) is 12.2 Å². The van der Waals surface area contributed by atoms with Crippen LogP contribution in [-0.2, 0) is 6.54 Å². The Labute approximate surface area is 169 Å². The molecular weight excluding hydrogens is 360 g/mol. The van der Waals surface area contributed by atoms with Gasteiger partial charge in [-0.2, -0.15) is 0 Å². The van der Waals surface area contributed by atoms with Gasteiger partial charge in [-0.05, 0) is 25.5 Å². The van der Waals surface area contributed by atoms with Crippen molar-refractivity contribution in [1.82, 2.24) is 29.4 Å². The molecule has 0 amide bonds. The molecule has 0 saturated carbocycles. The van der Waals surface area contributed by atoms with Crippen molar-refractivity contribution in [2.24, 2.45) is 0 Å². The first-order chi connectivity index (χ1) is 14.0. The SMILES string of the molecule is C=C1c2[nH]ccc2C(c2cnc3nc(C)n(Cc4ccc(C)cc4)c3n2)=CN1C. The second kappa shape index (κ2) is 6.44. The highest BCUT2D eigenvalue weighted by Gasteiger charge is 2.23. The zero-order valence-corrected chi connectivity index (χ0v) is 16.8. The Morgan fingerprint density at radius 3 is 2.66 bits per heavy atom. The fourth-order valence-electron chi connectivity index (χ4n) is 3.75. The van der Waals surface area contributed by atoms with E-state index < -0.39 is 0 Å². The molecule has 144 valence electrons. The van der Waals surface area contributed by atoms with Crippen LogP contribution in [0.15, 0.2) is 55.5 Å². The van der Waals surface area contributed by atoms with Gasteiger partial charge in [0.25, 0.3) is 0 Å². The van der Waals surface area contributed by atoms with Crippen LogP contribution < -0.4 is 0 Å². The summed E-state index contributed by atoms with van der Waals surface area (Å²) in [5.74, 6) is 0.906. The normalized spacial score (nSPS) is 13.7. The second-order valence-electron chi connectivity index (χ2n) is 7.50. The number of benzene rings is 1. The molecule has 6 nitrogen and oxygen atoms in total. The first-order valence-corrected chi connectivity index (χ1v) is 9.59. The van der Waals surface area contributed by atoms with Gasteiger partial charge in [-0.15, -0.1) is 0 Å². The quantitative estimate of drug-likeness (QED) is 0.579. The molecule has 0 fully saturated rings. The lowest BCUT2D eigenvalue weighted by Crippen LogP contribution is -2.16. The van der Waals surface area contributed by atoms with Gasteiger partial charge in [0.2, 0.25) is 0 Å². The number of nitrogens with zero attached hydrogens (tertiary/aromatic N) is 5. The minimum Gasteiger partial charge on any atom is -0.359 e. The molecule has 1 aliphatic heterocycles. The Kier molecular flexibility index (Phi) is 3.87. The van der Waals surface area contributed by atoms with Crippen LogP contribution in [0.3, 0.4) is 0 Å². The van der Waals surface area contributed by atoms with Crippen molar-refractivity contribution in [3.63, 3.8) is 0 Å². The van der Waals surface area contributed by atoms with Crippen molar-refractivity contribution >= 4 is 22.6 Å². The molecule has 29 heavy (non-hydrogen) atoms. The van der Waals surface area contributed by atoms with Gasteiger partial charge in [0, 0.05) is 30.6 Å². The zero-order chi connectivity index (χ0) is 20.1. The number of aromatic amines is 1. The van der Waals surface area contributed by atoms with E-state index in [2.05, 4.69) is 69.6 Å². The third-order valence-electron chi connectivity index (χ3n) is 5.46. The zero-order valence-electron chi connectivity index (χ0n) is 16.8. The predicted octanol–water partition coefficient (Wildman–Crippen LogP) is 4.12. The molecule has 0 bridgehead atoms. The minimum atomic E-state index is 0.668. The number of imidazole rings is 1. The first kappa shape index (κ1) is 17.4. The third kappa shape index (κ3) is 2.84. The summed E-state index contributed by atoms with van der Waals surface area (Å²) in [6.45, 7) is 8.97. The monoisotopic (exact) mass is 382 g/mol. The van der Waals surface area contributed by atoms with Gasteiger partial charge in [-0.25, -0.2) is 15.0 Å². The highest BCUT2D eigenvalue weighted by atomic mass is 15.2. The summed E-state index contributed by atoms with van der Waals surface area (Å²) in [5.41, 5.74) is 8.80. The van der Waals surface area contributed by atoms with E-state index in [1.54, 1.807) is 6.20 Å². The molecule has 0 radical (unpaired) electrons. The van der Waals surface area contributed by atoms with Gasteiger partial charge in [0.1, 0.15) is 5.82 Å². The Morgan fingerprint density at radius 1 is 1.07 bits per heavy atom. The maximum atomic E-state index is 4.97. The predicted molar refractivity (Wildman–Crippen MR) is 115 cm³/mol. The fourth-order valence-corrected chi connectivity index (χ4v) is 3.75. The van der Waals surface area contributed by atoms with Crippen LogP contribution in [0.5, 0.6) is 0 Å². The van der Waals surface area contributed by atoms with E-state index in [0.717, 1.165) is 39.7 Å². The number of H-pyrrole nitrogens is 1. The maximum absolute atomic E-state index is 4.97. The Bertz CT molecular complexity index is 1270. The van der Waals surface area contributed by atoms with Crippen LogP contribution in [0.1, 0.15) is 33.9 Å². The van der Waals surface area contributed by atoms with E-state index in [1.165, 1.54) is 11.1 Å². The van der Waals surface area contributed by atoms with Gasteiger partial charge in [-0.3, -0.25) is 0 Å². The van der Waals surface area contributed by atoms with E-state index in [1.807, 2.05) is 25.1 Å². The van der Waals surface area contributed by atoms with Gasteiger partial charge in [0.05, 0.1) is 29.8 Å². The fraction of sp³-hybridized carbons (Fsp3) is 0.174. The number of hydrogen-bond donors (Lipinski definition) is 1. The smallest absolute Gasteiger partial charge is 0.197 e. The van der Waals surface area contributed by atoms with Crippen LogP contribution in [-0.4, -0.2) is 36.5 Å². The number of rotatable bonds is 3. The summed E-state index contributed by atoms with van der Waals surface area (Å²) in [7, 11) is 1.99. The molecule has 3 aromatic heterocycles. The number of aryl methyl sites for hydroxylation is 2. The number of fused-ring (bicyclic) bond motifs is 2. The van der Waals surface area contributed by atoms with Gasteiger partial charge >= 0.3 is 0 Å². The lowest BCUT2D eigenvalue weighted by Gasteiger charge is -2.25. The summed E-state index contributed by atoms with van der Waals surface area (Å²) >= 11 is 0. The Balaban J connectivity index is 1.61. The standard InChI is InChI=1S/C23H22N6/c1-14-5-7-17(8-6-14)12-29-16(3)26-22-23(29)27-20(11-25-22)19-13-28(4)15(2)21-18(19)9-10-24-21/h5-11,13,24H,2,12H2,1,3-4H3. The number of aromatic nitrogens is 5. The molecule has 1 aliphatic rings. The summed E-state index contributed by atoms with van der Waals surface area (Å²) in [6, 6.07) is 10.6. The molecule has 6 heteroatoms. The summed E-state index contributed by atoms with van der Waals surface area (Å²) in [5, 5.41) is 0. The summed E-state index contributed by atoms with van der Waals surface area (Å²) in [6.07, 6.45) is 5.79. The number of hydrogen-bond acceptors (Lipinski definition) is 4. The van der Waals surface area contributed by atoms with Gasteiger partial charge in [0.15, 0.2) is 11.3 Å². The van der Waals surface area contributed by atoms with Gasteiger partial charge < -0.3 is 14.5 Å². The van der Waals surface area contributed by atoms with Crippen molar-refractivity contribution in [2.75, 3.05) is 7.05 Å². The first-order valence-electron chi connectivity index (χ1n) is 9.59. The van der Waals surface area contributed by atoms with E-state index in [4.69, 9.17) is 4.98 Å². The van der Waals surface area contributed by atoms with Crippen molar-refractivity contribution < 1.29 is 0 Å². The summed E-state index contributed by atoms with van der Waals surface area (Å²) < 4.78 is 2.13. The molecule has 1 aromatic carbocycles. The Hall–Kier alpha value is -3.67. The minimum absolute atomic E-state index is 0.668. The molecular formula is C23H22N6. The molecule has 0 saturated heterocycles. The van der Waals surface area contributed by atoms with E-state index in [-0.39, 0.29) is 0 Å². The average molecular weight is 382 g/mol. The van der Waals surface area contributed by atoms with Crippen molar-refractivity contribution in [3.05, 3.63) is 89.4 Å². The van der Waals surface area contributed by atoms with Crippen molar-refractivity contribution in [3.8, 4) is 0 Å². The maximum Gasteiger partial charge on any atom is 0.197 e. The lowest BCUT2D eigenvalue weighted by molar-refractivity contribution is 0.649. The highest BCUT2D eigenvalue weighted by Crippen LogP contribution is 2.34. The van der Waals surface area contributed by atoms with Gasteiger partial charge in [-0.1, -0.05) is 36.4 Å². The Morgan fingerprint density at radius 2 is 1.86 bits per heavy atom. The van der Waals surface area contributed by atoms with E-state index in [9.17, 15) is 0 Å². The molecule has 0 aliphatic carbocycles. The molecule has 5 rings (SSSR count). The second-order valence-corrected chi connectivity index (χ2v) is 7.50. The topological polar surface area (TPSA) is 62.6 Å². The highest BCUT2D eigenvalue weighted by molar-refractivity contribution is 5.88. The molecule has 4 aromatic rings. The van der Waals surface area contributed by atoms with E-state index >= 15 is 0 Å². The summed E-state index contributed by atoms with van der Waals surface area (Å²) in [4.78, 5) is 19.5. The lowest BCUT2D eigenvalue weighted by atomic mass is 9.99. The van der Waals surface area contributed by atoms with Crippen LogP contribution in [0, 0.1) is 13.8 Å². The van der Waals surface area contributed by atoms with Crippen LogP contribution in [0.25, 0.3) is 22.6 Å². The molecule has 0 unspecified atom stereocenters. The molecule has 1 N–H and O–H groups in total. The van der Waals surface area contributed by atoms with Crippen LogP contribution >= 0.6 is 0 Å². The molecule has 0 atom stereocenters. The average Bonchev–Trinajstić information content (AvgIpc) is 3.31. The molecule has 4 heterocycles.